The van der Waals surface area contributed by atoms with Gasteiger partial charge in [0.2, 0.25) is 5.91 Å². The minimum atomic E-state index is 0.251. The Morgan fingerprint density at radius 3 is 2.71 bits per heavy atom. The molecule has 0 saturated carbocycles. The van der Waals surface area contributed by atoms with Gasteiger partial charge in [-0.2, -0.15) is 11.8 Å². The number of halogens is 1. The lowest BCUT2D eigenvalue weighted by Crippen LogP contribution is -2.51. The first kappa shape index (κ1) is 15.0. The number of nitrogens with zero attached hydrogens (tertiary/aromatic N) is 2. The quantitative estimate of drug-likeness (QED) is 0.835. The van der Waals surface area contributed by atoms with Gasteiger partial charge in [-0.15, -0.1) is 0 Å². The average molecular weight is 325 g/mol. The Morgan fingerprint density at radius 1 is 1.24 bits per heavy atom. The van der Waals surface area contributed by atoms with E-state index >= 15 is 0 Å². The molecule has 0 N–H and O–H groups in total. The maximum Gasteiger partial charge on any atom is 0.226 e. The normalized spacial score (nSPS) is 23.2. The molecule has 0 aliphatic carbocycles. The van der Waals surface area contributed by atoms with Crippen LogP contribution in [0.4, 0.5) is 5.69 Å². The van der Waals surface area contributed by atoms with Crippen molar-refractivity contribution in [2.75, 3.05) is 42.6 Å². The monoisotopic (exact) mass is 324 g/mol. The van der Waals surface area contributed by atoms with Crippen LogP contribution in [-0.2, 0) is 4.79 Å². The first-order valence-electron chi connectivity index (χ1n) is 7.61. The molecule has 2 fully saturated rings. The largest absolute Gasteiger partial charge is 0.368 e. The van der Waals surface area contributed by atoms with Gasteiger partial charge in [0, 0.05) is 48.6 Å². The Kier molecular flexibility index (Phi) is 4.96. The lowest BCUT2D eigenvalue weighted by molar-refractivity contribution is -0.135. The Balaban J connectivity index is 1.56. The summed E-state index contributed by atoms with van der Waals surface area (Å²) in [5.41, 5.74) is 1.16. The van der Waals surface area contributed by atoms with E-state index in [2.05, 4.69) is 15.9 Å². The molecule has 2 aliphatic rings. The highest BCUT2D eigenvalue weighted by molar-refractivity contribution is 7.99. The van der Waals surface area contributed by atoms with Crippen LogP contribution in [0.2, 0.25) is 5.02 Å². The zero-order chi connectivity index (χ0) is 14.7. The Hall–Kier alpha value is -0.870. The van der Waals surface area contributed by atoms with E-state index in [0.717, 1.165) is 49.1 Å². The second kappa shape index (κ2) is 6.93. The minimum absolute atomic E-state index is 0.251. The number of carbonyl (C=O) groups excluding carboxylic acids is 1. The fourth-order valence-corrected chi connectivity index (χ4v) is 4.37. The van der Waals surface area contributed by atoms with Crippen molar-refractivity contribution in [1.29, 1.82) is 0 Å². The topological polar surface area (TPSA) is 23.6 Å². The van der Waals surface area contributed by atoms with Crippen LogP contribution < -0.4 is 4.90 Å². The number of amides is 1. The van der Waals surface area contributed by atoms with E-state index in [1.807, 2.05) is 30.0 Å². The lowest BCUT2D eigenvalue weighted by Gasteiger charge is -2.38. The van der Waals surface area contributed by atoms with Crippen LogP contribution in [0, 0.1) is 5.92 Å². The van der Waals surface area contributed by atoms with Crippen molar-refractivity contribution in [3.63, 3.8) is 0 Å². The number of carbonyl (C=O) groups is 1. The van der Waals surface area contributed by atoms with Crippen LogP contribution in [0.25, 0.3) is 0 Å². The molecule has 3 nitrogen and oxygen atoms in total. The van der Waals surface area contributed by atoms with Crippen molar-refractivity contribution in [1.82, 2.24) is 4.90 Å². The highest BCUT2D eigenvalue weighted by Gasteiger charge is 2.28. The number of anilines is 1. The molecule has 3 rings (SSSR count). The predicted molar refractivity (Wildman–Crippen MR) is 90.3 cm³/mol. The molecule has 0 radical (unpaired) electrons. The molecule has 1 unspecified atom stereocenters. The molecule has 1 atom stereocenters. The van der Waals surface area contributed by atoms with Crippen molar-refractivity contribution in [3.8, 4) is 0 Å². The second-order valence-electron chi connectivity index (χ2n) is 5.71. The van der Waals surface area contributed by atoms with Crippen LogP contribution in [0.3, 0.4) is 0 Å². The third kappa shape index (κ3) is 3.67. The molecule has 0 aromatic heterocycles. The molecule has 1 aromatic carbocycles. The van der Waals surface area contributed by atoms with Crippen molar-refractivity contribution >= 4 is 35.0 Å². The predicted octanol–water partition coefficient (Wildman–Crippen LogP) is 3.13. The van der Waals surface area contributed by atoms with Gasteiger partial charge in [0.1, 0.15) is 0 Å². The van der Waals surface area contributed by atoms with Gasteiger partial charge in [-0.05, 0) is 36.8 Å². The number of thioether (sulfide) groups is 1. The van der Waals surface area contributed by atoms with Crippen LogP contribution in [0.5, 0.6) is 0 Å². The van der Waals surface area contributed by atoms with Crippen molar-refractivity contribution in [3.05, 3.63) is 29.3 Å². The zero-order valence-corrected chi connectivity index (χ0v) is 13.7. The summed E-state index contributed by atoms with van der Waals surface area (Å²) in [6.45, 7) is 3.44. The number of hydrogen-bond acceptors (Lipinski definition) is 3. The lowest BCUT2D eigenvalue weighted by atomic mass is 10.0. The Labute approximate surface area is 135 Å². The fraction of sp³-hybridized carbons (Fsp3) is 0.562. The average Bonchev–Trinajstić information content (AvgIpc) is 2.55. The van der Waals surface area contributed by atoms with Crippen LogP contribution >= 0.6 is 23.4 Å². The van der Waals surface area contributed by atoms with E-state index in [1.54, 1.807) is 0 Å². The van der Waals surface area contributed by atoms with Crippen molar-refractivity contribution in [2.24, 2.45) is 5.92 Å². The van der Waals surface area contributed by atoms with Gasteiger partial charge in [0.05, 0.1) is 0 Å². The summed E-state index contributed by atoms with van der Waals surface area (Å²) >= 11 is 7.97. The van der Waals surface area contributed by atoms with Crippen LogP contribution in [-0.4, -0.2) is 48.5 Å². The SMILES string of the molecule is O=C(C1CCCSC1)N1CCN(c2cccc(Cl)c2)CC1. The molecule has 0 bridgehead atoms. The van der Waals surface area contributed by atoms with E-state index in [4.69, 9.17) is 11.6 Å². The molecular weight excluding hydrogens is 304 g/mol. The molecular formula is C16H21ClN2OS. The third-order valence-corrected chi connectivity index (χ3v) is 5.72. The molecule has 1 amide bonds. The molecule has 2 heterocycles. The highest BCUT2D eigenvalue weighted by Crippen LogP contribution is 2.26. The summed E-state index contributed by atoms with van der Waals surface area (Å²) in [6.07, 6.45) is 2.25. The van der Waals surface area contributed by atoms with Crippen LogP contribution in [0.1, 0.15) is 12.8 Å². The van der Waals surface area contributed by atoms with Gasteiger partial charge < -0.3 is 9.80 Å². The first-order chi connectivity index (χ1) is 10.2. The molecule has 2 aliphatic heterocycles. The summed E-state index contributed by atoms with van der Waals surface area (Å²) in [4.78, 5) is 16.9. The molecule has 2 saturated heterocycles. The molecule has 5 heteroatoms. The van der Waals surface area contributed by atoms with E-state index in [9.17, 15) is 4.79 Å². The van der Waals surface area contributed by atoms with Gasteiger partial charge in [0.15, 0.2) is 0 Å². The number of hydrogen-bond donors (Lipinski definition) is 0. The molecule has 1 aromatic rings. The number of rotatable bonds is 2. The maximum atomic E-state index is 12.5. The van der Waals surface area contributed by atoms with Gasteiger partial charge in [-0.1, -0.05) is 17.7 Å². The molecule has 114 valence electrons. The second-order valence-corrected chi connectivity index (χ2v) is 7.29. The standard InChI is InChI=1S/C16H21ClN2OS/c17-14-4-1-5-15(11-14)18-6-8-19(9-7-18)16(20)13-3-2-10-21-12-13/h1,4-5,11,13H,2-3,6-10,12H2. The summed E-state index contributed by atoms with van der Waals surface area (Å²) in [5.74, 6) is 2.84. The first-order valence-corrected chi connectivity index (χ1v) is 9.14. The molecule has 21 heavy (non-hydrogen) atoms. The Morgan fingerprint density at radius 2 is 2.05 bits per heavy atom. The minimum Gasteiger partial charge on any atom is -0.368 e. The van der Waals surface area contributed by atoms with E-state index < -0.39 is 0 Å². The Bertz CT molecular complexity index is 497. The van der Waals surface area contributed by atoms with Crippen LogP contribution in [0.15, 0.2) is 24.3 Å². The maximum absolute atomic E-state index is 12.5. The van der Waals surface area contributed by atoms with E-state index in [-0.39, 0.29) is 5.92 Å². The summed E-state index contributed by atoms with van der Waals surface area (Å²) in [6, 6.07) is 7.96. The third-order valence-electron chi connectivity index (χ3n) is 4.27. The van der Waals surface area contributed by atoms with Gasteiger partial charge in [0.25, 0.3) is 0 Å². The van der Waals surface area contributed by atoms with Crippen molar-refractivity contribution < 1.29 is 4.79 Å². The zero-order valence-electron chi connectivity index (χ0n) is 12.1. The van der Waals surface area contributed by atoms with E-state index in [0.29, 0.717) is 5.91 Å². The van der Waals surface area contributed by atoms with Gasteiger partial charge in [-0.25, -0.2) is 0 Å². The fourth-order valence-electron chi connectivity index (χ4n) is 3.05. The summed E-state index contributed by atoms with van der Waals surface area (Å²) in [7, 11) is 0. The number of piperazine rings is 1. The summed E-state index contributed by atoms with van der Waals surface area (Å²) < 4.78 is 0. The van der Waals surface area contributed by atoms with Gasteiger partial charge in [-0.3, -0.25) is 4.79 Å². The summed E-state index contributed by atoms with van der Waals surface area (Å²) in [5, 5.41) is 0.769. The van der Waals surface area contributed by atoms with Crippen molar-refractivity contribution in [2.45, 2.75) is 12.8 Å². The van der Waals surface area contributed by atoms with Gasteiger partial charge >= 0.3 is 0 Å². The van der Waals surface area contributed by atoms with E-state index in [1.165, 1.54) is 12.2 Å². The smallest absolute Gasteiger partial charge is 0.226 e. The highest BCUT2D eigenvalue weighted by atomic mass is 35.5. The molecule has 0 spiro atoms. The number of benzene rings is 1.